The number of ether oxygens (including phenoxy) is 1. The smallest absolute Gasteiger partial charge is 0.337 e. The minimum Gasteiger partial charge on any atom is -0.496 e. The third kappa shape index (κ3) is 7.42. The molecule has 41 heavy (non-hydrogen) atoms. The minimum absolute atomic E-state index is 0.0223. The zero-order chi connectivity index (χ0) is 29.5. The molecule has 0 aromatic heterocycles. The Morgan fingerprint density at radius 1 is 1.17 bits per heavy atom. The van der Waals surface area contributed by atoms with E-state index < -0.39 is 29.6 Å². The summed E-state index contributed by atoms with van der Waals surface area (Å²) in [5, 5.41) is 12.3. The number of nitrogens with two attached hydrogens (primary N) is 1. The fraction of sp³-hybridized carbons (Fsp3) is 0.214. The van der Waals surface area contributed by atoms with Crippen LogP contribution in [-0.4, -0.2) is 53.9 Å². The zero-order valence-electron chi connectivity index (χ0n) is 21.9. The van der Waals surface area contributed by atoms with Crippen LogP contribution >= 0.6 is 11.6 Å². The Morgan fingerprint density at radius 2 is 1.93 bits per heavy atom. The summed E-state index contributed by atoms with van der Waals surface area (Å²) in [6.07, 6.45) is 0.190. The Kier molecular flexibility index (Phi) is 9.25. The maximum absolute atomic E-state index is 13.6. The summed E-state index contributed by atoms with van der Waals surface area (Å²) in [6.45, 7) is -0.235. The van der Waals surface area contributed by atoms with E-state index in [-0.39, 0.29) is 43.1 Å². The van der Waals surface area contributed by atoms with Crippen LogP contribution in [-0.2, 0) is 17.8 Å². The van der Waals surface area contributed by atoms with Crippen molar-refractivity contribution in [2.75, 3.05) is 25.9 Å². The molecule has 1 aliphatic rings. The number of rotatable bonds is 8. The van der Waals surface area contributed by atoms with Crippen molar-refractivity contribution in [2.24, 2.45) is 10.9 Å². The summed E-state index contributed by atoms with van der Waals surface area (Å²) in [4.78, 5) is 49.1. The maximum atomic E-state index is 13.6. The van der Waals surface area contributed by atoms with E-state index in [9.17, 15) is 23.9 Å². The lowest BCUT2D eigenvalue weighted by molar-refractivity contribution is -0.131. The van der Waals surface area contributed by atoms with Crippen LogP contribution in [0.2, 0.25) is 5.02 Å². The molecule has 3 aromatic carbocycles. The Hall–Kier alpha value is -4.84. The first-order chi connectivity index (χ1) is 19.6. The van der Waals surface area contributed by atoms with Crippen LogP contribution in [0.1, 0.15) is 21.5 Å². The minimum atomic E-state index is -1.17. The average Bonchev–Trinajstić information content (AvgIpc) is 3.10. The quantitative estimate of drug-likeness (QED) is 0.231. The molecule has 0 saturated heterocycles. The predicted octanol–water partition coefficient (Wildman–Crippen LogP) is 3.66. The highest BCUT2D eigenvalue weighted by Gasteiger charge is 2.33. The van der Waals surface area contributed by atoms with Gasteiger partial charge in [0, 0.05) is 17.3 Å². The molecule has 1 atom stereocenters. The highest BCUT2D eigenvalue weighted by Crippen LogP contribution is 2.27. The third-order valence-electron chi connectivity index (χ3n) is 6.27. The number of carboxylic acid groups (broad SMARTS) is 1. The number of aromatic carboxylic acids is 1. The molecule has 0 saturated carbocycles. The lowest BCUT2D eigenvalue weighted by Crippen LogP contribution is -2.49. The third-order valence-corrected chi connectivity index (χ3v) is 6.51. The molecule has 0 bridgehead atoms. The van der Waals surface area contributed by atoms with Gasteiger partial charge in [-0.1, -0.05) is 17.7 Å². The van der Waals surface area contributed by atoms with E-state index in [1.807, 2.05) is 0 Å². The predicted molar refractivity (Wildman–Crippen MR) is 149 cm³/mol. The number of carbonyl (C=O) groups is 3. The number of amidine groups is 1. The topological polar surface area (TPSA) is 156 Å². The van der Waals surface area contributed by atoms with Crippen LogP contribution in [0.4, 0.5) is 14.9 Å². The number of imide groups is 1. The lowest BCUT2D eigenvalue weighted by atomic mass is 9.97. The number of hydroxylamine groups is 1. The summed E-state index contributed by atoms with van der Waals surface area (Å²) >= 11 is 6.18. The number of benzene rings is 3. The van der Waals surface area contributed by atoms with Crippen LogP contribution in [0, 0.1) is 11.7 Å². The summed E-state index contributed by atoms with van der Waals surface area (Å²) in [6, 6.07) is 13.9. The van der Waals surface area contributed by atoms with Crippen molar-refractivity contribution in [2.45, 2.75) is 13.0 Å². The molecule has 3 amide bonds. The molecular weight excluding hydrogens is 557 g/mol. The van der Waals surface area contributed by atoms with Gasteiger partial charge in [-0.05, 0) is 72.1 Å². The van der Waals surface area contributed by atoms with Gasteiger partial charge in [0.05, 0.1) is 31.7 Å². The highest BCUT2D eigenvalue weighted by molar-refractivity contribution is 6.30. The number of halogens is 2. The molecule has 13 heteroatoms. The summed E-state index contributed by atoms with van der Waals surface area (Å²) in [5.74, 6) is -1.83. The number of hydrogen-bond acceptors (Lipinski definition) is 8. The number of methoxy groups -OCH3 is 1. The second kappa shape index (κ2) is 13.0. The van der Waals surface area contributed by atoms with Crippen molar-refractivity contribution < 1.29 is 33.5 Å². The molecule has 0 spiro atoms. The number of nitrogens with one attached hydrogen (secondary N) is 2. The molecule has 1 aliphatic heterocycles. The van der Waals surface area contributed by atoms with Crippen molar-refractivity contribution in [3.05, 3.63) is 88.2 Å². The van der Waals surface area contributed by atoms with Crippen LogP contribution in [0.15, 0.2) is 65.7 Å². The first kappa shape index (κ1) is 29.2. The van der Waals surface area contributed by atoms with Crippen LogP contribution in [0.5, 0.6) is 11.5 Å². The number of anilines is 1. The maximum Gasteiger partial charge on any atom is 0.337 e. The van der Waals surface area contributed by atoms with E-state index in [4.69, 9.17) is 26.9 Å². The number of carbonyl (C=O) groups excluding carboxylic acids is 2. The molecule has 0 radical (unpaired) electrons. The molecule has 4 rings (SSSR count). The molecule has 0 aliphatic carbocycles. The van der Waals surface area contributed by atoms with Crippen molar-refractivity contribution in [1.82, 2.24) is 15.7 Å². The summed E-state index contributed by atoms with van der Waals surface area (Å²) in [5.41, 5.74) is 9.65. The SMILES string of the molecule is COc1ccc(Cl)cc1C[C@@H]1CN=C(NOc2ccc(F)cc2)CN(C(=O)NCc2ccc(C(=O)O)c(N)c2)C1=O. The first-order valence-corrected chi connectivity index (χ1v) is 12.8. The molecule has 0 fully saturated rings. The molecular formula is C28H27ClFN5O6. The van der Waals surface area contributed by atoms with Gasteiger partial charge in [-0.25, -0.2) is 19.5 Å². The summed E-state index contributed by atoms with van der Waals surface area (Å²) in [7, 11) is 1.50. The Labute approximate surface area is 239 Å². The van der Waals surface area contributed by atoms with Crippen molar-refractivity contribution >= 4 is 41.0 Å². The number of nitrogen functional groups attached to an aromatic ring is 1. The normalized spacial score (nSPS) is 15.0. The molecule has 0 unspecified atom stereocenters. The standard InChI is InChI=1S/C28H27ClFN5O6/c1-40-24-9-3-19(29)12-17(24)11-18-14-32-25(34-41-21-6-4-20(30)5-7-21)15-35(26(18)36)28(39)33-13-16-2-8-22(27(37)38)23(31)10-16/h2-10,12,18H,11,13-15,31H2,1H3,(H,32,34)(H,33,39)(H,37,38)/t18-/m1/s1. The van der Waals surface area contributed by atoms with E-state index in [0.29, 0.717) is 27.6 Å². The van der Waals surface area contributed by atoms with Crippen LogP contribution in [0.3, 0.4) is 0 Å². The fourth-order valence-electron chi connectivity index (χ4n) is 4.17. The van der Waals surface area contributed by atoms with Crippen molar-refractivity contribution in [3.8, 4) is 11.5 Å². The molecule has 1 heterocycles. The van der Waals surface area contributed by atoms with Gasteiger partial charge in [-0.3, -0.25) is 14.7 Å². The number of aliphatic imine (C=N–C) groups is 1. The van der Waals surface area contributed by atoms with Crippen LogP contribution < -0.4 is 26.1 Å². The van der Waals surface area contributed by atoms with Gasteiger partial charge in [-0.2, -0.15) is 0 Å². The summed E-state index contributed by atoms with van der Waals surface area (Å²) < 4.78 is 18.7. The average molecular weight is 584 g/mol. The van der Waals surface area contributed by atoms with E-state index in [1.165, 1.54) is 49.6 Å². The van der Waals surface area contributed by atoms with Gasteiger partial charge >= 0.3 is 12.0 Å². The number of amides is 3. The number of carboxylic acids is 1. The molecule has 11 nitrogen and oxygen atoms in total. The van der Waals surface area contributed by atoms with Gasteiger partial charge in [0.2, 0.25) is 5.91 Å². The van der Waals surface area contributed by atoms with Gasteiger partial charge < -0.3 is 25.7 Å². The lowest BCUT2D eigenvalue weighted by Gasteiger charge is -2.24. The van der Waals surface area contributed by atoms with Gasteiger partial charge in [-0.15, -0.1) is 0 Å². The van der Waals surface area contributed by atoms with Gasteiger partial charge in [0.25, 0.3) is 0 Å². The number of hydrogen-bond donors (Lipinski definition) is 4. The molecule has 3 aromatic rings. The monoisotopic (exact) mass is 583 g/mol. The second-order valence-electron chi connectivity index (χ2n) is 9.11. The Morgan fingerprint density at radius 3 is 2.61 bits per heavy atom. The Balaban J connectivity index is 1.54. The Bertz CT molecular complexity index is 1480. The number of urea groups is 1. The van der Waals surface area contributed by atoms with E-state index in [1.54, 1.807) is 18.2 Å². The second-order valence-corrected chi connectivity index (χ2v) is 9.55. The van der Waals surface area contributed by atoms with Crippen molar-refractivity contribution in [3.63, 3.8) is 0 Å². The molecule has 214 valence electrons. The largest absolute Gasteiger partial charge is 0.496 e. The number of nitrogens with zero attached hydrogens (tertiary/aromatic N) is 2. The van der Waals surface area contributed by atoms with Crippen molar-refractivity contribution in [1.29, 1.82) is 0 Å². The highest BCUT2D eigenvalue weighted by atomic mass is 35.5. The van der Waals surface area contributed by atoms with Gasteiger partial charge in [0.15, 0.2) is 11.6 Å². The molecule has 5 N–H and O–H groups in total. The van der Waals surface area contributed by atoms with E-state index in [2.05, 4.69) is 15.8 Å². The first-order valence-electron chi connectivity index (χ1n) is 12.4. The zero-order valence-corrected chi connectivity index (χ0v) is 22.7. The van der Waals surface area contributed by atoms with E-state index >= 15 is 0 Å². The van der Waals surface area contributed by atoms with Gasteiger partial charge in [0.1, 0.15) is 11.6 Å². The van der Waals surface area contributed by atoms with Crippen LogP contribution in [0.25, 0.3) is 0 Å². The van der Waals surface area contributed by atoms with E-state index in [0.717, 1.165) is 4.90 Å². The fourth-order valence-corrected chi connectivity index (χ4v) is 4.36.